The zero-order valence-electron chi connectivity index (χ0n) is 10.3. The first-order valence-corrected chi connectivity index (χ1v) is 8.03. The van der Waals surface area contributed by atoms with Gasteiger partial charge >= 0.3 is 0 Å². The van der Waals surface area contributed by atoms with E-state index in [1.54, 1.807) is 0 Å². The predicted molar refractivity (Wildman–Crippen MR) is 74.6 cm³/mol. The molecule has 1 heterocycles. The lowest BCUT2D eigenvalue weighted by Gasteiger charge is -2.35. The maximum atomic E-state index is 11.6. The monoisotopic (exact) mass is 288 g/mol. The zero-order valence-corrected chi connectivity index (χ0v) is 11.9. The molecule has 1 saturated heterocycles. The SMILES string of the molecule is Cc1cccc(N2CCN(S(=O)(=O)CCl)CC2)c1. The third-order valence-electron chi connectivity index (χ3n) is 3.14. The fraction of sp³-hybridized carbons (Fsp3) is 0.500. The third-order valence-corrected chi connectivity index (χ3v) is 5.39. The Labute approximate surface area is 113 Å². The Kier molecular flexibility index (Phi) is 4.14. The Balaban J connectivity index is 2.03. The molecule has 0 unspecified atom stereocenters. The molecule has 0 amide bonds. The number of rotatable bonds is 3. The molecule has 18 heavy (non-hydrogen) atoms. The van der Waals surface area contributed by atoms with Gasteiger partial charge in [-0.2, -0.15) is 4.31 Å². The minimum Gasteiger partial charge on any atom is -0.369 e. The molecule has 0 bridgehead atoms. The van der Waals surface area contributed by atoms with Crippen LogP contribution in [0.5, 0.6) is 0 Å². The summed E-state index contributed by atoms with van der Waals surface area (Å²) in [4.78, 5) is 2.20. The fourth-order valence-corrected chi connectivity index (χ4v) is 3.39. The second kappa shape index (κ2) is 5.47. The quantitative estimate of drug-likeness (QED) is 0.794. The first-order valence-electron chi connectivity index (χ1n) is 5.88. The Morgan fingerprint density at radius 2 is 1.89 bits per heavy atom. The molecule has 6 heteroatoms. The van der Waals surface area contributed by atoms with Crippen molar-refractivity contribution in [3.63, 3.8) is 0 Å². The lowest BCUT2D eigenvalue weighted by Crippen LogP contribution is -2.49. The summed E-state index contributed by atoms with van der Waals surface area (Å²) in [6.45, 7) is 4.48. The van der Waals surface area contributed by atoms with E-state index in [-0.39, 0.29) is 5.21 Å². The van der Waals surface area contributed by atoms with Crippen molar-refractivity contribution in [2.24, 2.45) is 0 Å². The molecular formula is C12H17ClN2O2S. The maximum absolute atomic E-state index is 11.6. The van der Waals surface area contributed by atoms with E-state index in [2.05, 4.69) is 30.0 Å². The Bertz CT molecular complexity index is 511. The van der Waals surface area contributed by atoms with Gasteiger partial charge in [0.2, 0.25) is 10.0 Å². The number of anilines is 1. The second-order valence-electron chi connectivity index (χ2n) is 4.45. The van der Waals surface area contributed by atoms with E-state index in [9.17, 15) is 8.42 Å². The minimum atomic E-state index is -3.26. The van der Waals surface area contributed by atoms with Crippen LogP contribution in [0.2, 0.25) is 0 Å². The van der Waals surface area contributed by atoms with E-state index in [0.717, 1.165) is 5.69 Å². The maximum Gasteiger partial charge on any atom is 0.228 e. The second-order valence-corrected chi connectivity index (χ2v) is 7.00. The molecule has 0 aliphatic carbocycles. The summed E-state index contributed by atoms with van der Waals surface area (Å²) in [5, 5.41) is -0.336. The fourth-order valence-electron chi connectivity index (χ4n) is 2.12. The molecule has 1 aliphatic rings. The lowest BCUT2D eigenvalue weighted by molar-refractivity contribution is 0.387. The molecule has 1 fully saturated rings. The van der Waals surface area contributed by atoms with Gasteiger partial charge in [0.1, 0.15) is 5.21 Å². The molecule has 1 aromatic rings. The van der Waals surface area contributed by atoms with Gasteiger partial charge in [-0.1, -0.05) is 12.1 Å². The standard InChI is InChI=1S/C12H17ClN2O2S/c1-11-3-2-4-12(9-11)14-5-7-15(8-6-14)18(16,17)10-13/h2-4,9H,5-8,10H2,1H3. The number of piperazine rings is 1. The van der Waals surface area contributed by atoms with Crippen LogP contribution in [-0.4, -0.2) is 44.1 Å². The van der Waals surface area contributed by atoms with Crippen LogP contribution in [0.3, 0.4) is 0 Å². The molecule has 4 nitrogen and oxygen atoms in total. The van der Waals surface area contributed by atoms with Crippen molar-refractivity contribution in [2.75, 3.05) is 36.3 Å². The van der Waals surface area contributed by atoms with Gasteiger partial charge in [-0.15, -0.1) is 11.6 Å². The molecule has 100 valence electrons. The van der Waals surface area contributed by atoms with E-state index in [0.29, 0.717) is 26.2 Å². The number of alkyl halides is 1. The zero-order chi connectivity index (χ0) is 13.2. The predicted octanol–water partition coefficient (Wildman–Crippen LogP) is 1.64. The highest BCUT2D eigenvalue weighted by atomic mass is 35.5. The van der Waals surface area contributed by atoms with Crippen LogP contribution in [0.1, 0.15) is 5.56 Å². The summed E-state index contributed by atoms with van der Waals surface area (Å²) in [5.41, 5.74) is 2.36. The van der Waals surface area contributed by atoms with Crippen molar-refractivity contribution >= 4 is 27.3 Å². The summed E-state index contributed by atoms with van der Waals surface area (Å²) >= 11 is 5.46. The van der Waals surface area contributed by atoms with Gasteiger partial charge in [-0.3, -0.25) is 0 Å². The summed E-state index contributed by atoms with van der Waals surface area (Å²) in [6.07, 6.45) is 0. The van der Waals surface area contributed by atoms with Gasteiger partial charge < -0.3 is 4.90 Å². The summed E-state index contributed by atoms with van der Waals surface area (Å²) in [7, 11) is -3.26. The topological polar surface area (TPSA) is 40.6 Å². The van der Waals surface area contributed by atoms with Crippen molar-refractivity contribution in [2.45, 2.75) is 6.92 Å². The highest BCUT2D eigenvalue weighted by Gasteiger charge is 2.26. The summed E-state index contributed by atoms with van der Waals surface area (Å²) < 4.78 is 24.7. The van der Waals surface area contributed by atoms with Crippen molar-refractivity contribution < 1.29 is 8.42 Å². The third kappa shape index (κ3) is 2.96. The van der Waals surface area contributed by atoms with Crippen molar-refractivity contribution in [3.05, 3.63) is 29.8 Å². The molecule has 2 rings (SSSR count). The van der Waals surface area contributed by atoms with Crippen LogP contribution >= 0.6 is 11.6 Å². The largest absolute Gasteiger partial charge is 0.369 e. The number of nitrogens with zero attached hydrogens (tertiary/aromatic N) is 2. The van der Waals surface area contributed by atoms with Gasteiger partial charge in [0.25, 0.3) is 0 Å². The van der Waals surface area contributed by atoms with E-state index in [1.165, 1.54) is 9.87 Å². The Morgan fingerprint density at radius 3 is 2.44 bits per heavy atom. The molecule has 1 aromatic carbocycles. The highest BCUT2D eigenvalue weighted by molar-refractivity contribution is 7.90. The van der Waals surface area contributed by atoms with Gasteiger partial charge in [-0.05, 0) is 24.6 Å². The van der Waals surface area contributed by atoms with Gasteiger partial charge in [0.15, 0.2) is 0 Å². The molecule has 0 radical (unpaired) electrons. The number of sulfonamides is 1. The number of hydrogen-bond donors (Lipinski definition) is 0. The molecule has 0 aromatic heterocycles. The van der Waals surface area contributed by atoms with Gasteiger partial charge in [0.05, 0.1) is 0 Å². The van der Waals surface area contributed by atoms with E-state index in [1.807, 2.05) is 6.07 Å². The molecule has 0 atom stereocenters. The van der Waals surface area contributed by atoms with Crippen LogP contribution in [0, 0.1) is 6.92 Å². The average Bonchev–Trinajstić information content (AvgIpc) is 2.39. The van der Waals surface area contributed by atoms with E-state index < -0.39 is 10.0 Å². The van der Waals surface area contributed by atoms with Crippen molar-refractivity contribution in [1.29, 1.82) is 0 Å². The highest BCUT2D eigenvalue weighted by Crippen LogP contribution is 2.19. The van der Waals surface area contributed by atoms with Crippen LogP contribution < -0.4 is 4.90 Å². The van der Waals surface area contributed by atoms with E-state index >= 15 is 0 Å². The van der Waals surface area contributed by atoms with E-state index in [4.69, 9.17) is 11.6 Å². The smallest absolute Gasteiger partial charge is 0.228 e. The molecule has 1 aliphatic heterocycles. The molecule has 0 N–H and O–H groups in total. The number of benzene rings is 1. The first kappa shape index (κ1) is 13.6. The average molecular weight is 289 g/mol. The van der Waals surface area contributed by atoms with Crippen molar-refractivity contribution in [3.8, 4) is 0 Å². The van der Waals surface area contributed by atoms with Crippen LogP contribution in [0.15, 0.2) is 24.3 Å². The number of hydrogen-bond acceptors (Lipinski definition) is 3. The van der Waals surface area contributed by atoms with Crippen LogP contribution in [0.4, 0.5) is 5.69 Å². The Hall–Kier alpha value is -0.780. The molecular weight excluding hydrogens is 272 g/mol. The first-order chi connectivity index (χ1) is 8.53. The minimum absolute atomic E-state index is 0.336. The summed E-state index contributed by atoms with van der Waals surface area (Å²) in [6, 6.07) is 8.24. The number of halogens is 1. The molecule has 0 spiro atoms. The normalized spacial score (nSPS) is 18.0. The van der Waals surface area contributed by atoms with Crippen LogP contribution in [0.25, 0.3) is 0 Å². The van der Waals surface area contributed by atoms with Crippen molar-refractivity contribution in [1.82, 2.24) is 4.31 Å². The lowest BCUT2D eigenvalue weighted by atomic mass is 10.2. The molecule has 0 saturated carbocycles. The Morgan fingerprint density at radius 1 is 1.22 bits per heavy atom. The van der Waals surface area contributed by atoms with Gasteiger partial charge in [0, 0.05) is 31.9 Å². The van der Waals surface area contributed by atoms with Crippen LogP contribution in [-0.2, 0) is 10.0 Å². The number of aryl methyl sites for hydroxylation is 1. The summed E-state index contributed by atoms with van der Waals surface area (Å²) in [5.74, 6) is 0. The van der Waals surface area contributed by atoms with Gasteiger partial charge in [-0.25, -0.2) is 8.42 Å².